The Morgan fingerprint density at radius 1 is 1.07 bits per heavy atom. The number of carbonyl (C=O) groups is 1. The maximum absolute atomic E-state index is 13.8. The van der Waals surface area contributed by atoms with Crippen molar-refractivity contribution in [2.24, 2.45) is 0 Å². The van der Waals surface area contributed by atoms with Crippen LogP contribution in [0.5, 0.6) is 5.75 Å². The molecular weight excluding hydrogens is 406 g/mol. The summed E-state index contributed by atoms with van der Waals surface area (Å²) in [4.78, 5) is 27.3. The molecule has 0 unspecified atom stereocenters. The molecule has 0 spiro atoms. The van der Waals surface area contributed by atoms with Gasteiger partial charge in [0.05, 0.1) is 12.1 Å². The molecule has 0 saturated heterocycles. The zero-order valence-corrected chi connectivity index (χ0v) is 15.4. The summed E-state index contributed by atoms with van der Waals surface area (Å²) in [6.45, 7) is 1.32. The summed E-state index contributed by atoms with van der Waals surface area (Å²) in [5, 5.41) is 2.84. The third-order valence-corrected chi connectivity index (χ3v) is 4.58. The van der Waals surface area contributed by atoms with Crippen LogP contribution >= 0.6 is 0 Å². The van der Waals surface area contributed by atoms with Gasteiger partial charge >= 0.3 is 5.56 Å². The van der Waals surface area contributed by atoms with E-state index < -0.39 is 28.8 Å². The minimum atomic E-state index is -1.62. The molecule has 6 nitrogen and oxygen atoms in total. The summed E-state index contributed by atoms with van der Waals surface area (Å²) in [6.07, 6.45) is 0.813. The molecule has 0 bridgehead atoms. The highest BCUT2D eigenvalue weighted by Gasteiger charge is 2.23. The highest BCUT2D eigenvalue weighted by Crippen LogP contribution is 2.32. The average Bonchev–Trinajstić information content (AvgIpc) is 3.03. The first-order chi connectivity index (χ1) is 14.2. The second-order valence-electron chi connectivity index (χ2n) is 6.72. The third-order valence-electron chi connectivity index (χ3n) is 4.58. The number of anilines is 2. The van der Waals surface area contributed by atoms with Gasteiger partial charge in [0.15, 0.2) is 24.1 Å². The van der Waals surface area contributed by atoms with Gasteiger partial charge in [-0.15, -0.1) is 0 Å². The Bertz CT molecular complexity index is 1230. The van der Waals surface area contributed by atoms with Crippen LogP contribution in [0.4, 0.5) is 29.2 Å². The first-order valence-electron chi connectivity index (χ1n) is 8.71. The quantitative estimate of drug-likeness (QED) is 0.518. The van der Waals surface area contributed by atoms with Crippen LogP contribution < -0.4 is 15.6 Å². The zero-order chi connectivity index (χ0) is 21.6. The first kappa shape index (κ1) is 19.6. The molecule has 0 radical (unpaired) electrons. The highest BCUT2D eigenvalue weighted by atomic mass is 19.2. The lowest BCUT2D eigenvalue weighted by Gasteiger charge is -2.16. The van der Waals surface area contributed by atoms with Crippen LogP contribution in [0.2, 0.25) is 0 Å². The number of benzene rings is 2. The first-order valence-corrected chi connectivity index (χ1v) is 8.71. The fourth-order valence-electron chi connectivity index (χ4n) is 3.08. The Balaban J connectivity index is 1.74. The summed E-state index contributed by atoms with van der Waals surface area (Å²) in [5.41, 5.74) is 0.211. The van der Waals surface area contributed by atoms with Gasteiger partial charge in [0.2, 0.25) is 17.5 Å². The summed E-state index contributed by atoms with van der Waals surface area (Å²) >= 11 is 0. The van der Waals surface area contributed by atoms with Crippen molar-refractivity contribution in [3.63, 3.8) is 0 Å². The monoisotopic (exact) mass is 419 g/mol. The molecule has 0 atom stereocenters. The van der Waals surface area contributed by atoms with Gasteiger partial charge in [0.25, 0.3) is 0 Å². The lowest BCUT2D eigenvalue weighted by atomic mass is 10.1. The third kappa shape index (κ3) is 3.51. The molecule has 3 aromatic rings. The van der Waals surface area contributed by atoms with E-state index in [1.54, 1.807) is 13.0 Å². The lowest BCUT2D eigenvalue weighted by molar-refractivity contribution is 0.0961. The maximum atomic E-state index is 13.8. The van der Waals surface area contributed by atoms with Crippen molar-refractivity contribution in [2.75, 3.05) is 11.9 Å². The molecular formula is C20H13F4N3O3. The Morgan fingerprint density at radius 2 is 1.77 bits per heavy atom. The minimum Gasteiger partial charge on any atom is -0.485 e. The van der Waals surface area contributed by atoms with Crippen molar-refractivity contribution in [1.29, 1.82) is 0 Å². The number of aromatic nitrogens is 2. The maximum Gasteiger partial charge on any atom is 0.310 e. The standard InChI is InChI=1S/C20H13F4N3O3/c1-9-2-17-11(16(28)8-30-17)5-15(9)25-20-26-19(29)14(23)7-27(20)6-10-3-12(21)18(24)13(22)4-10/h2-5,7H,6,8H2,1H3,(H,25,26,29). The molecule has 1 aliphatic rings. The predicted molar refractivity (Wildman–Crippen MR) is 98.2 cm³/mol. The van der Waals surface area contributed by atoms with Crippen molar-refractivity contribution in [1.82, 2.24) is 9.55 Å². The van der Waals surface area contributed by atoms with Gasteiger partial charge < -0.3 is 14.6 Å². The molecule has 0 amide bonds. The summed E-state index contributed by atoms with van der Waals surface area (Å²) in [6, 6.07) is 4.65. The van der Waals surface area contributed by atoms with Gasteiger partial charge in [-0.2, -0.15) is 9.37 Å². The SMILES string of the molecule is Cc1cc2c(cc1Nc1nc(=O)c(F)cn1Cc1cc(F)c(F)c(F)c1)C(=O)CO2. The fourth-order valence-corrected chi connectivity index (χ4v) is 3.08. The number of Topliss-reactive ketones (excluding diaryl/α,β-unsaturated/α-hetero) is 1. The Kier molecular flexibility index (Phi) is 4.76. The molecule has 0 fully saturated rings. The van der Waals surface area contributed by atoms with E-state index in [1.165, 1.54) is 6.07 Å². The number of fused-ring (bicyclic) bond motifs is 1. The number of hydrogen-bond donors (Lipinski definition) is 1. The van der Waals surface area contributed by atoms with E-state index in [-0.39, 0.29) is 30.4 Å². The van der Waals surface area contributed by atoms with Gasteiger partial charge in [0, 0.05) is 11.9 Å². The van der Waals surface area contributed by atoms with Gasteiger partial charge in [-0.3, -0.25) is 9.59 Å². The molecule has 10 heteroatoms. The number of aryl methyl sites for hydroxylation is 1. The lowest BCUT2D eigenvalue weighted by Crippen LogP contribution is -2.20. The van der Waals surface area contributed by atoms with Crippen molar-refractivity contribution in [3.8, 4) is 5.75 Å². The molecule has 0 aliphatic carbocycles. The largest absolute Gasteiger partial charge is 0.485 e. The molecule has 2 heterocycles. The smallest absolute Gasteiger partial charge is 0.310 e. The predicted octanol–water partition coefficient (Wildman–Crippen LogP) is 3.48. The molecule has 0 saturated carbocycles. The van der Waals surface area contributed by atoms with Gasteiger partial charge in [0.1, 0.15) is 5.75 Å². The van der Waals surface area contributed by atoms with Crippen LogP contribution in [-0.2, 0) is 6.54 Å². The number of halogens is 4. The van der Waals surface area contributed by atoms with Gasteiger partial charge in [-0.25, -0.2) is 13.2 Å². The Hall–Kier alpha value is -3.69. The number of ketones is 1. The number of nitrogens with zero attached hydrogens (tertiary/aromatic N) is 2. The molecule has 154 valence electrons. The Labute approximate surface area is 166 Å². The van der Waals surface area contributed by atoms with Crippen molar-refractivity contribution >= 4 is 17.4 Å². The van der Waals surface area contributed by atoms with Crippen LogP contribution in [0, 0.1) is 30.2 Å². The number of carbonyl (C=O) groups excluding carboxylic acids is 1. The molecule has 1 aromatic heterocycles. The topological polar surface area (TPSA) is 73.2 Å². The number of ether oxygens (including phenoxy) is 1. The summed E-state index contributed by atoms with van der Waals surface area (Å²) < 4.78 is 60.5. The van der Waals surface area contributed by atoms with E-state index in [1.807, 2.05) is 0 Å². The van der Waals surface area contributed by atoms with E-state index in [0.717, 1.165) is 22.9 Å². The fraction of sp³-hybridized carbons (Fsp3) is 0.150. The van der Waals surface area contributed by atoms with Crippen LogP contribution in [0.1, 0.15) is 21.5 Å². The molecule has 1 N–H and O–H groups in total. The normalized spacial score (nSPS) is 12.6. The second-order valence-corrected chi connectivity index (χ2v) is 6.72. The summed E-state index contributed by atoms with van der Waals surface area (Å²) in [7, 11) is 0. The van der Waals surface area contributed by atoms with E-state index in [9.17, 15) is 27.2 Å². The summed E-state index contributed by atoms with van der Waals surface area (Å²) in [5.74, 6) is -5.55. The number of hydrogen-bond acceptors (Lipinski definition) is 5. The highest BCUT2D eigenvalue weighted by molar-refractivity contribution is 6.03. The zero-order valence-electron chi connectivity index (χ0n) is 15.4. The van der Waals surface area contributed by atoms with Crippen molar-refractivity contribution < 1.29 is 27.1 Å². The van der Waals surface area contributed by atoms with Gasteiger partial charge in [-0.05, 0) is 42.3 Å². The van der Waals surface area contributed by atoms with Crippen LogP contribution in [-0.4, -0.2) is 21.9 Å². The van der Waals surface area contributed by atoms with E-state index >= 15 is 0 Å². The molecule has 4 rings (SSSR count). The second kappa shape index (κ2) is 7.29. The van der Waals surface area contributed by atoms with Crippen LogP contribution in [0.15, 0.2) is 35.3 Å². The van der Waals surface area contributed by atoms with Crippen LogP contribution in [0.3, 0.4) is 0 Å². The van der Waals surface area contributed by atoms with Gasteiger partial charge in [-0.1, -0.05) is 0 Å². The van der Waals surface area contributed by atoms with E-state index in [0.29, 0.717) is 22.6 Å². The van der Waals surface area contributed by atoms with Crippen molar-refractivity contribution in [2.45, 2.75) is 13.5 Å². The number of rotatable bonds is 4. The number of nitrogens with one attached hydrogen (secondary N) is 1. The molecule has 1 aliphatic heterocycles. The molecule has 30 heavy (non-hydrogen) atoms. The minimum absolute atomic E-state index is 0.0199. The molecule has 2 aromatic carbocycles. The average molecular weight is 419 g/mol. The van der Waals surface area contributed by atoms with Crippen LogP contribution in [0.25, 0.3) is 0 Å². The van der Waals surface area contributed by atoms with Crippen molar-refractivity contribution in [3.05, 3.63) is 80.8 Å². The van der Waals surface area contributed by atoms with E-state index in [2.05, 4.69) is 10.3 Å². The van der Waals surface area contributed by atoms with E-state index in [4.69, 9.17) is 4.74 Å². The Morgan fingerprint density at radius 3 is 2.47 bits per heavy atom.